The number of benzene rings is 2. The van der Waals surface area contributed by atoms with Crippen LogP contribution in [0.5, 0.6) is 0 Å². The van der Waals surface area contributed by atoms with Gasteiger partial charge in [0.25, 0.3) is 0 Å². The number of sulfonamides is 2. The second kappa shape index (κ2) is 15.3. The van der Waals surface area contributed by atoms with Gasteiger partial charge >= 0.3 is 0 Å². The average Bonchev–Trinajstić information content (AvgIpc) is 3.53. The Kier molecular flexibility index (Phi) is 12.4. The molecule has 2 aromatic carbocycles. The molecule has 4 rings (SSSR count). The van der Waals surface area contributed by atoms with Gasteiger partial charge in [-0.05, 0) is 98.1 Å². The fourth-order valence-electron chi connectivity index (χ4n) is 6.19. The Labute approximate surface area is 278 Å². The van der Waals surface area contributed by atoms with Crippen molar-refractivity contribution >= 4 is 40.0 Å². The van der Waals surface area contributed by atoms with E-state index >= 15 is 0 Å². The zero-order valence-corrected chi connectivity index (χ0v) is 31.2. The highest BCUT2D eigenvalue weighted by Crippen LogP contribution is 2.37. The first-order valence-electron chi connectivity index (χ1n) is 16.6. The molecule has 2 aliphatic carbocycles. The van der Waals surface area contributed by atoms with Gasteiger partial charge in [0.05, 0.1) is 9.79 Å². The van der Waals surface area contributed by atoms with E-state index in [1.54, 1.807) is 20.7 Å². The largest absolute Gasteiger partial charge is 0.417 e. The summed E-state index contributed by atoms with van der Waals surface area (Å²) in [6.45, 7) is 12.7. The van der Waals surface area contributed by atoms with Gasteiger partial charge in [-0.25, -0.2) is 16.8 Å². The van der Waals surface area contributed by atoms with Crippen LogP contribution in [-0.4, -0.2) is 59.5 Å². The van der Waals surface area contributed by atoms with Gasteiger partial charge in [0.15, 0.2) is 8.32 Å². The van der Waals surface area contributed by atoms with Crippen molar-refractivity contribution in [3.8, 4) is 0 Å². The predicted molar refractivity (Wildman–Crippen MR) is 186 cm³/mol. The zero-order chi connectivity index (χ0) is 32.9. The number of rotatable bonds is 14. The molecule has 0 atom stereocenters. The standard InChI is InChI=1S/C34H53ClN2O5S2Si/c1-34(2,3)45(4,5)42-25-11-24-36(26-28-12-7-6-8-13-28)43(38,39)32-20-22-33(23-21-32)44(40,41)37(31-14-9-10-15-31)27-29-16-18-30(35)19-17-29/h16-23,28,31H,6-15,24-27H2,1-5H3. The minimum atomic E-state index is -3.86. The summed E-state index contributed by atoms with van der Waals surface area (Å²) in [6, 6.07) is 13.0. The van der Waals surface area contributed by atoms with E-state index in [-0.39, 0.29) is 27.4 Å². The minimum Gasteiger partial charge on any atom is -0.417 e. The van der Waals surface area contributed by atoms with Crippen LogP contribution in [0.2, 0.25) is 23.2 Å². The molecule has 0 saturated heterocycles. The normalized spacial score (nSPS) is 17.9. The van der Waals surface area contributed by atoms with Crippen LogP contribution >= 0.6 is 11.6 Å². The van der Waals surface area contributed by atoms with Crippen molar-refractivity contribution in [3.63, 3.8) is 0 Å². The SMILES string of the molecule is CC(C)(C)[Si](C)(C)OCCCN(CC1CCCCC1)S(=O)(=O)c1ccc(S(=O)(=O)N(Cc2ccc(Cl)cc2)C2CCCC2)cc1. The Balaban J connectivity index is 1.54. The van der Waals surface area contributed by atoms with Crippen molar-refractivity contribution in [2.75, 3.05) is 19.7 Å². The number of halogens is 1. The molecule has 0 spiro atoms. The van der Waals surface area contributed by atoms with Gasteiger partial charge in [-0.3, -0.25) is 0 Å². The van der Waals surface area contributed by atoms with Crippen LogP contribution in [0.4, 0.5) is 0 Å². The predicted octanol–water partition coefficient (Wildman–Crippen LogP) is 8.46. The van der Waals surface area contributed by atoms with Gasteiger partial charge in [0.2, 0.25) is 20.0 Å². The maximum Gasteiger partial charge on any atom is 0.243 e. The molecule has 0 amide bonds. The van der Waals surface area contributed by atoms with Crippen LogP contribution in [-0.2, 0) is 31.0 Å². The summed E-state index contributed by atoms with van der Waals surface area (Å²) in [6.07, 6.45) is 9.77. The van der Waals surface area contributed by atoms with Crippen LogP contribution in [0.25, 0.3) is 0 Å². The molecule has 0 heterocycles. The third-order valence-electron chi connectivity index (χ3n) is 10.1. The average molecular weight is 697 g/mol. The van der Waals surface area contributed by atoms with E-state index in [0.29, 0.717) is 37.1 Å². The van der Waals surface area contributed by atoms with Crippen molar-refractivity contribution in [1.82, 2.24) is 8.61 Å². The van der Waals surface area contributed by atoms with Gasteiger partial charge in [-0.1, -0.05) is 76.6 Å². The van der Waals surface area contributed by atoms with Crippen molar-refractivity contribution in [1.29, 1.82) is 0 Å². The molecule has 2 fully saturated rings. The summed E-state index contributed by atoms with van der Waals surface area (Å²) < 4.78 is 65.7. The van der Waals surface area contributed by atoms with E-state index in [2.05, 4.69) is 33.9 Å². The molecule has 2 aromatic rings. The minimum absolute atomic E-state index is 0.0884. The molecule has 7 nitrogen and oxygen atoms in total. The van der Waals surface area contributed by atoms with Gasteiger partial charge in [0, 0.05) is 37.3 Å². The Bertz CT molecular complexity index is 1450. The zero-order valence-electron chi connectivity index (χ0n) is 27.8. The van der Waals surface area contributed by atoms with Crippen molar-refractivity contribution in [2.24, 2.45) is 5.92 Å². The first-order valence-corrected chi connectivity index (χ1v) is 22.8. The molecule has 0 N–H and O–H groups in total. The maximum absolute atomic E-state index is 14.1. The van der Waals surface area contributed by atoms with Crippen LogP contribution < -0.4 is 0 Å². The lowest BCUT2D eigenvalue weighted by molar-refractivity contribution is 0.243. The second-order valence-corrected chi connectivity index (χ2v) is 23.5. The quantitative estimate of drug-likeness (QED) is 0.146. The Morgan fingerprint density at radius 2 is 1.33 bits per heavy atom. The molecule has 0 aliphatic heterocycles. The maximum atomic E-state index is 14.1. The van der Waals surface area contributed by atoms with E-state index in [4.69, 9.17) is 16.0 Å². The highest BCUT2D eigenvalue weighted by Gasteiger charge is 2.37. The van der Waals surface area contributed by atoms with Crippen molar-refractivity contribution in [3.05, 3.63) is 59.1 Å². The Morgan fingerprint density at radius 1 is 0.800 bits per heavy atom. The molecule has 2 aliphatic rings. The topological polar surface area (TPSA) is 84.0 Å². The fourth-order valence-corrected chi connectivity index (χ4v) is 10.6. The third kappa shape index (κ3) is 9.42. The molecule has 0 radical (unpaired) electrons. The van der Waals surface area contributed by atoms with Gasteiger partial charge in [-0.15, -0.1) is 0 Å². The highest BCUT2D eigenvalue weighted by atomic mass is 35.5. The van der Waals surface area contributed by atoms with Crippen molar-refractivity contribution in [2.45, 2.75) is 125 Å². The van der Waals surface area contributed by atoms with Gasteiger partial charge in [0.1, 0.15) is 0 Å². The Morgan fingerprint density at radius 3 is 1.89 bits per heavy atom. The molecular formula is C34H53ClN2O5S2Si. The van der Waals surface area contributed by atoms with E-state index in [1.165, 1.54) is 30.7 Å². The third-order valence-corrected chi connectivity index (χ3v) is 18.6. The number of hydrogen-bond donors (Lipinski definition) is 0. The van der Waals surface area contributed by atoms with E-state index < -0.39 is 28.4 Å². The summed E-state index contributed by atoms with van der Waals surface area (Å²) in [5.74, 6) is 0.335. The molecule has 0 aromatic heterocycles. The van der Waals surface area contributed by atoms with Gasteiger partial charge < -0.3 is 4.43 Å². The summed E-state index contributed by atoms with van der Waals surface area (Å²) in [5, 5.41) is 0.692. The molecular weight excluding hydrogens is 644 g/mol. The van der Waals surface area contributed by atoms with Crippen LogP contribution in [0.15, 0.2) is 58.3 Å². The van der Waals surface area contributed by atoms with Gasteiger partial charge in [-0.2, -0.15) is 8.61 Å². The van der Waals surface area contributed by atoms with Crippen LogP contribution in [0.3, 0.4) is 0 Å². The molecule has 11 heteroatoms. The summed E-state index contributed by atoms with van der Waals surface area (Å²) >= 11 is 6.07. The van der Waals surface area contributed by atoms with Crippen molar-refractivity contribution < 1.29 is 21.3 Å². The first-order chi connectivity index (χ1) is 21.1. The van der Waals surface area contributed by atoms with E-state index in [0.717, 1.165) is 56.9 Å². The monoisotopic (exact) mass is 696 g/mol. The first kappa shape index (κ1) is 36.6. The van der Waals surface area contributed by atoms with Crippen LogP contribution in [0, 0.1) is 5.92 Å². The lowest BCUT2D eigenvalue weighted by Gasteiger charge is -2.36. The lowest BCUT2D eigenvalue weighted by atomic mass is 9.89. The molecule has 0 unspecified atom stereocenters. The summed E-state index contributed by atoms with van der Waals surface area (Å²) in [4.78, 5) is 0.247. The van der Waals surface area contributed by atoms with E-state index in [9.17, 15) is 16.8 Å². The Hall–Kier alpha value is -1.27. The highest BCUT2D eigenvalue weighted by molar-refractivity contribution is 7.89. The molecule has 0 bridgehead atoms. The van der Waals surface area contributed by atoms with Crippen LogP contribution in [0.1, 0.15) is 90.5 Å². The summed E-state index contributed by atoms with van der Waals surface area (Å²) in [7, 11) is -9.62. The molecule has 2 saturated carbocycles. The number of hydrogen-bond acceptors (Lipinski definition) is 5. The molecule has 252 valence electrons. The second-order valence-electron chi connectivity index (χ2n) is 14.4. The lowest BCUT2D eigenvalue weighted by Crippen LogP contribution is -2.42. The number of nitrogens with zero attached hydrogens (tertiary/aromatic N) is 2. The van der Waals surface area contributed by atoms with E-state index in [1.807, 2.05) is 12.1 Å². The smallest absolute Gasteiger partial charge is 0.243 e. The molecule has 45 heavy (non-hydrogen) atoms. The fraction of sp³-hybridized carbons (Fsp3) is 0.647. The summed E-state index contributed by atoms with van der Waals surface area (Å²) in [5.41, 5.74) is 0.866.